The first-order valence-corrected chi connectivity index (χ1v) is 10.4. The molecule has 0 aromatic heterocycles. The Morgan fingerprint density at radius 1 is 1.09 bits per heavy atom. The van der Waals surface area contributed by atoms with E-state index in [0.29, 0.717) is 4.90 Å². The van der Waals surface area contributed by atoms with Crippen molar-refractivity contribution in [1.82, 2.24) is 4.90 Å². The molecule has 0 radical (unpaired) electrons. The minimum atomic E-state index is -3.46. The van der Waals surface area contributed by atoms with Gasteiger partial charge in [0.1, 0.15) is 16.7 Å². The molecular weight excluding hydrogens is 430 g/mol. The fraction of sp³-hybridized carbons (Fsp3) is 0.810. The highest BCUT2D eigenvalue weighted by molar-refractivity contribution is 6.06. The topological polar surface area (TPSA) is 104 Å². The molecule has 2 rings (SSSR count). The molecule has 11 heteroatoms. The van der Waals surface area contributed by atoms with Gasteiger partial charge >= 0.3 is 30.1 Å². The van der Waals surface area contributed by atoms with Crippen LogP contribution in [0.4, 0.5) is 18.4 Å². The van der Waals surface area contributed by atoms with E-state index in [1.807, 2.05) is 0 Å². The summed E-state index contributed by atoms with van der Waals surface area (Å²) in [5.74, 6) is -5.66. The van der Waals surface area contributed by atoms with Gasteiger partial charge in [0.2, 0.25) is 0 Å². The van der Waals surface area contributed by atoms with Gasteiger partial charge in [-0.3, -0.25) is 4.79 Å². The number of rotatable bonds is 3. The number of carbonyl (C=O) groups excluding carboxylic acids is 3. The van der Waals surface area contributed by atoms with Crippen molar-refractivity contribution >= 4 is 24.2 Å². The molecule has 0 N–H and O–H groups in total. The molecule has 1 aliphatic heterocycles. The van der Waals surface area contributed by atoms with Gasteiger partial charge in [0.25, 0.3) is 0 Å². The molecule has 182 valence electrons. The van der Waals surface area contributed by atoms with Crippen molar-refractivity contribution in [3.8, 4) is 0 Å². The van der Waals surface area contributed by atoms with Gasteiger partial charge in [-0.2, -0.15) is 0 Å². The highest BCUT2D eigenvalue weighted by atomic mass is 19.3. The Labute approximate surface area is 186 Å². The van der Waals surface area contributed by atoms with Crippen LogP contribution >= 0.6 is 0 Å². The molecular formula is C21H32F2N2O7. The Balaban J connectivity index is 2.44. The second-order valence-corrected chi connectivity index (χ2v) is 10.0. The lowest BCUT2D eigenvalue weighted by atomic mass is 9.87. The molecule has 3 atom stereocenters. The predicted octanol–water partition coefficient (Wildman–Crippen LogP) is 4.14. The van der Waals surface area contributed by atoms with Crippen LogP contribution in [-0.2, 0) is 23.7 Å². The average molecular weight is 462 g/mol. The van der Waals surface area contributed by atoms with E-state index in [1.54, 1.807) is 48.5 Å². The molecule has 32 heavy (non-hydrogen) atoms. The van der Waals surface area contributed by atoms with E-state index in [4.69, 9.17) is 18.9 Å². The zero-order valence-electron chi connectivity index (χ0n) is 19.8. The molecule has 0 bridgehead atoms. The Kier molecular flexibility index (Phi) is 6.83. The van der Waals surface area contributed by atoms with Gasteiger partial charge in [-0.05, 0) is 61.8 Å². The largest absolute Gasteiger partial charge is 0.466 e. The second-order valence-electron chi connectivity index (χ2n) is 10.0. The molecule has 1 heterocycles. The molecule has 0 aromatic rings. The number of hydrogen-bond donors (Lipinski definition) is 0. The zero-order valence-corrected chi connectivity index (χ0v) is 19.8. The maximum atomic E-state index is 14.9. The molecule has 0 saturated heterocycles. The summed E-state index contributed by atoms with van der Waals surface area (Å²) >= 11 is 0. The molecule has 2 amide bonds. The van der Waals surface area contributed by atoms with Crippen LogP contribution in [0.1, 0.15) is 61.8 Å². The third kappa shape index (κ3) is 5.66. The summed E-state index contributed by atoms with van der Waals surface area (Å²) in [6.07, 6.45) is -2.23. The van der Waals surface area contributed by atoms with Crippen LogP contribution < -0.4 is 0 Å². The summed E-state index contributed by atoms with van der Waals surface area (Å²) in [4.78, 5) is 42.0. The molecule has 1 fully saturated rings. The number of alkyl halides is 2. The lowest BCUT2D eigenvalue weighted by Gasteiger charge is -2.40. The van der Waals surface area contributed by atoms with Crippen molar-refractivity contribution in [1.29, 1.82) is 0 Å². The van der Waals surface area contributed by atoms with Crippen LogP contribution in [0.2, 0.25) is 0 Å². The van der Waals surface area contributed by atoms with E-state index in [1.165, 1.54) is 6.92 Å². The first-order valence-electron chi connectivity index (χ1n) is 10.4. The van der Waals surface area contributed by atoms with Crippen LogP contribution in [0.5, 0.6) is 0 Å². The number of amides is 2. The highest BCUT2D eigenvalue weighted by Gasteiger charge is 2.67. The number of esters is 1. The average Bonchev–Trinajstić information content (AvgIpc) is 3.36. The Bertz CT molecular complexity index is 773. The van der Waals surface area contributed by atoms with Crippen molar-refractivity contribution in [2.45, 2.75) is 84.5 Å². The van der Waals surface area contributed by atoms with E-state index < -0.39 is 65.3 Å². The Hall–Kier alpha value is -2.46. The number of ether oxygens (including phenoxy) is 4. The number of imide groups is 1. The summed E-state index contributed by atoms with van der Waals surface area (Å²) in [6, 6.07) is -0.670. The smallest absolute Gasteiger partial charge is 0.428 e. The fourth-order valence-corrected chi connectivity index (χ4v) is 3.25. The predicted molar refractivity (Wildman–Crippen MR) is 109 cm³/mol. The van der Waals surface area contributed by atoms with Gasteiger partial charge in [0.05, 0.1) is 12.5 Å². The van der Waals surface area contributed by atoms with E-state index in [9.17, 15) is 23.2 Å². The summed E-state index contributed by atoms with van der Waals surface area (Å²) < 4.78 is 50.3. The van der Waals surface area contributed by atoms with E-state index >= 15 is 0 Å². The highest BCUT2D eigenvalue weighted by Crippen LogP contribution is 2.55. The van der Waals surface area contributed by atoms with Gasteiger partial charge in [-0.15, -0.1) is 4.90 Å². The minimum Gasteiger partial charge on any atom is -0.466 e. The van der Waals surface area contributed by atoms with Gasteiger partial charge in [0, 0.05) is 5.92 Å². The van der Waals surface area contributed by atoms with E-state index in [0.717, 1.165) is 0 Å². The number of amidine groups is 1. The number of carbonyl (C=O) groups is 3. The lowest BCUT2D eigenvalue weighted by Crippen LogP contribution is -2.58. The van der Waals surface area contributed by atoms with Crippen LogP contribution in [0.15, 0.2) is 4.99 Å². The Morgan fingerprint density at radius 3 is 2.03 bits per heavy atom. The standard InChI is InChI=1S/C21H32F2N2O7/c1-9-29-14(26)12-10-13(12)20(8)21(22,23)11-30-15(24-20)25(16(27)31-18(2,3)4)17(28)32-19(5,6)7/h12-13H,9-11H2,1-8H3/t12-,13-,20-/m1/s1. The van der Waals surface area contributed by atoms with Gasteiger partial charge in [0.15, 0.2) is 6.61 Å². The maximum Gasteiger partial charge on any atom is 0.428 e. The first-order chi connectivity index (χ1) is 14.4. The van der Waals surface area contributed by atoms with Crippen LogP contribution in [0.3, 0.4) is 0 Å². The molecule has 0 spiro atoms. The van der Waals surface area contributed by atoms with Crippen molar-refractivity contribution in [3.05, 3.63) is 0 Å². The maximum absolute atomic E-state index is 14.9. The molecule has 1 aliphatic carbocycles. The number of halogens is 2. The number of hydrogen-bond acceptors (Lipinski definition) is 8. The summed E-state index contributed by atoms with van der Waals surface area (Å²) in [5.41, 5.74) is -4.10. The number of aliphatic imine (C=N–C) groups is 1. The third-order valence-electron chi connectivity index (χ3n) is 4.90. The van der Waals surface area contributed by atoms with Crippen molar-refractivity contribution < 1.29 is 42.1 Å². The normalized spacial score (nSPS) is 26.9. The van der Waals surface area contributed by atoms with E-state index in [2.05, 4.69) is 4.99 Å². The van der Waals surface area contributed by atoms with Gasteiger partial charge < -0.3 is 18.9 Å². The van der Waals surface area contributed by atoms with Crippen molar-refractivity contribution in [2.75, 3.05) is 13.2 Å². The number of nitrogens with zero attached hydrogens (tertiary/aromatic N) is 2. The lowest BCUT2D eigenvalue weighted by molar-refractivity contribution is -0.148. The summed E-state index contributed by atoms with van der Waals surface area (Å²) in [5, 5.41) is 0. The quantitative estimate of drug-likeness (QED) is 0.459. The van der Waals surface area contributed by atoms with Crippen LogP contribution in [0, 0.1) is 11.8 Å². The van der Waals surface area contributed by atoms with Crippen LogP contribution in [-0.4, -0.2) is 65.0 Å². The molecule has 0 aromatic carbocycles. The summed E-state index contributed by atoms with van der Waals surface area (Å²) in [6.45, 7) is 11.2. The van der Waals surface area contributed by atoms with Gasteiger partial charge in [-0.25, -0.2) is 23.4 Å². The zero-order chi connectivity index (χ0) is 24.7. The first kappa shape index (κ1) is 25.8. The molecule has 2 aliphatic rings. The monoisotopic (exact) mass is 462 g/mol. The van der Waals surface area contributed by atoms with Gasteiger partial charge in [-0.1, -0.05) is 0 Å². The van der Waals surface area contributed by atoms with Crippen molar-refractivity contribution in [2.24, 2.45) is 16.8 Å². The van der Waals surface area contributed by atoms with E-state index in [-0.39, 0.29) is 13.0 Å². The molecule has 0 unspecified atom stereocenters. The third-order valence-corrected chi connectivity index (χ3v) is 4.90. The SMILES string of the molecule is CCOC(=O)[C@@H]1C[C@H]1[C@@]1(C)N=C(N(C(=O)OC(C)(C)C)C(=O)OC(C)(C)C)OCC1(F)F. The fourth-order valence-electron chi connectivity index (χ4n) is 3.25. The minimum absolute atomic E-state index is 0.123. The molecule has 9 nitrogen and oxygen atoms in total. The summed E-state index contributed by atoms with van der Waals surface area (Å²) in [7, 11) is 0. The second kappa shape index (κ2) is 8.47. The molecule has 1 saturated carbocycles. The van der Waals surface area contributed by atoms with Crippen molar-refractivity contribution in [3.63, 3.8) is 0 Å². The van der Waals surface area contributed by atoms with Crippen LogP contribution in [0.25, 0.3) is 0 Å². The Morgan fingerprint density at radius 2 is 1.59 bits per heavy atom.